The molecule has 1 aromatic heterocycles. The summed E-state index contributed by atoms with van der Waals surface area (Å²) in [5.41, 5.74) is 2.82. The summed E-state index contributed by atoms with van der Waals surface area (Å²) in [6.45, 7) is 3.24. The summed E-state index contributed by atoms with van der Waals surface area (Å²) in [6, 6.07) is 13.6. The highest BCUT2D eigenvalue weighted by Gasteiger charge is 2.31. The lowest BCUT2D eigenvalue weighted by molar-refractivity contribution is -0.126. The van der Waals surface area contributed by atoms with Crippen LogP contribution in [0.3, 0.4) is 0 Å². The van der Waals surface area contributed by atoms with Crippen LogP contribution >= 0.6 is 0 Å². The second-order valence-electron chi connectivity index (χ2n) is 7.01. The molecule has 1 fully saturated rings. The number of aromatic amines is 1. The minimum atomic E-state index is -0.0191. The Labute approximate surface area is 170 Å². The molecule has 0 spiro atoms. The van der Waals surface area contributed by atoms with Gasteiger partial charge >= 0.3 is 0 Å². The van der Waals surface area contributed by atoms with Crippen LogP contribution in [-0.4, -0.2) is 41.0 Å². The number of carbonyl (C=O) groups excluding carboxylic acids is 1. The van der Waals surface area contributed by atoms with Crippen LogP contribution in [-0.2, 0) is 4.79 Å². The van der Waals surface area contributed by atoms with E-state index in [1.165, 1.54) is 0 Å². The van der Waals surface area contributed by atoms with Crippen LogP contribution in [0.15, 0.2) is 48.5 Å². The Kier molecular flexibility index (Phi) is 5.51. The molecule has 0 aliphatic carbocycles. The second-order valence-corrected chi connectivity index (χ2v) is 7.01. The zero-order valence-corrected chi connectivity index (χ0v) is 16.7. The number of rotatable bonds is 6. The third-order valence-electron chi connectivity index (χ3n) is 5.17. The van der Waals surface area contributed by atoms with Crippen molar-refractivity contribution in [3.8, 4) is 11.5 Å². The van der Waals surface area contributed by atoms with E-state index >= 15 is 0 Å². The molecule has 1 unspecified atom stereocenters. The van der Waals surface area contributed by atoms with E-state index in [0.29, 0.717) is 18.1 Å². The lowest BCUT2D eigenvalue weighted by Crippen LogP contribution is -2.29. The number of aromatic nitrogens is 2. The van der Waals surface area contributed by atoms with Crippen LogP contribution in [0.5, 0.6) is 11.5 Å². The van der Waals surface area contributed by atoms with Gasteiger partial charge in [0.15, 0.2) is 11.5 Å². The van der Waals surface area contributed by atoms with Gasteiger partial charge < -0.3 is 19.4 Å². The van der Waals surface area contributed by atoms with Crippen molar-refractivity contribution < 1.29 is 14.3 Å². The number of methoxy groups -OCH3 is 1. The first-order chi connectivity index (χ1) is 14.2. The Balaban J connectivity index is 1.51. The van der Waals surface area contributed by atoms with Gasteiger partial charge in [-0.2, -0.15) is 0 Å². The summed E-state index contributed by atoms with van der Waals surface area (Å²) in [5.74, 6) is 2.19. The van der Waals surface area contributed by atoms with Crippen molar-refractivity contribution in [1.29, 1.82) is 0 Å². The van der Waals surface area contributed by atoms with Crippen LogP contribution < -0.4 is 9.47 Å². The van der Waals surface area contributed by atoms with Crippen LogP contribution in [0.2, 0.25) is 0 Å². The molecule has 3 aromatic rings. The Morgan fingerprint density at radius 1 is 1.28 bits per heavy atom. The predicted molar refractivity (Wildman–Crippen MR) is 113 cm³/mol. The molecule has 1 aliphatic heterocycles. The number of nitrogens with one attached hydrogen (secondary N) is 1. The molecule has 0 bridgehead atoms. The smallest absolute Gasteiger partial charge is 0.247 e. The van der Waals surface area contributed by atoms with Crippen LogP contribution in [0.4, 0.5) is 0 Å². The maximum absolute atomic E-state index is 12.9. The van der Waals surface area contributed by atoms with Crippen LogP contribution in [0, 0.1) is 0 Å². The van der Waals surface area contributed by atoms with E-state index in [1.807, 2.05) is 60.4 Å². The standard InChI is InChI=1S/C23H25N3O3/c1-3-29-20-12-10-16(15-21(20)28-2)11-13-22(27)26-14-6-9-19(26)23-24-17-7-4-5-8-18(17)25-23/h4-5,7-8,10-13,15,19H,3,6,9,14H2,1-2H3,(H,24,25)/b13-11+. The summed E-state index contributed by atoms with van der Waals surface area (Å²) in [6.07, 6.45) is 5.32. The number of para-hydroxylation sites is 2. The fourth-order valence-corrected chi connectivity index (χ4v) is 3.77. The zero-order valence-electron chi connectivity index (χ0n) is 16.7. The molecule has 0 saturated carbocycles. The molecule has 6 heteroatoms. The van der Waals surface area contributed by atoms with E-state index in [1.54, 1.807) is 13.2 Å². The molecule has 6 nitrogen and oxygen atoms in total. The second kappa shape index (κ2) is 8.39. The van der Waals surface area contributed by atoms with Gasteiger partial charge in [0, 0.05) is 12.6 Å². The van der Waals surface area contributed by atoms with Gasteiger partial charge in [-0.3, -0.25) is 4.79 Å². The van der Waals surface area contributed by atoms with Gasteiger partial charge in [-0.1, -0.05) is 18.2 Å². The zero-order chi connectivity index (χ0) is 20.2. The van der Waals surface area contributed by atoms with Crippen molar-refractivity contribution in [2.24, 2.45) is 0 Å². The molecular formula is C23H25N3O3. The van der Waals surface area contributed by atoms with E-state index in [0.717, 1.165) is 41.8 Å². The molecule has 4 rings (SSSR count). The Bertz CT molecular complexity index is 1010. The normalized spacial score (nSPS) is 16.6. The van der Waals surface area contributed by atoms with Gasteiger partial charge in [-0.05, 0) is 55.7 Å². The number of hydrogen-bond acceptors (Lipinski definition) is 4. The highest BCUT2D eigenvalue weighted by Crippen LogP contribution is 2.32. The first-order valence-electron chi connectivity index (χ1n) is 9.93. The summed E-state index contributed by atoms with van der Waals surface area (Å²) >= 11 is 0. The minimum Gasteiger partial charge on any atom is -0.493 e. The summed E-state index contributed by atoms with van der Waals surface area (Å²) in [5, 5.41) is 0. The molecule has 1 N–H and O–H groups in total. The number of benzene rings is 2. The number of hydrogen-bond donors (Lipinski definition) is 1. The van der Waals surface area contributed by atoms with Crippen LogP contribution in [0.1, 0.15) is 37.2 Å². The first-order valence-corrected chi connectivity index (χ1v) is 9.93. The Hall–Kier alpha value is -3.28. The number of fused-ring (bicyclic) bond motifs is 1. The third kappa shape index (κ3) is 3.97. The van der Waals surface area contributed by atoms with Gasteiger partial charge in [-0.25, -0.2) is 4.98 Å². The van der Waals surface area contributed by atoms with Gasteiger partial charge in [0.05, 0.1) is 30.8 Å². The quantitative estimate of drug-likeness (QED) is 0.635. The largest absolute Gasteiger partial charge is 0.493 e. The molecule has 2 heterocycles. The minimum absolute atomic E-state index is 0.0131. The average Bonchev–Trinajstić information content (AvgIpc) is 3.39. The number of likely N-dealkylation sites (tertiary alicyclic amines) is 1. The van der Waals surface area contributed by atoms with Crippen LogP contribution in [0.25, 0.3) is 17.1 Å². The van der Waals surface area contributed by atoms with E-state index in [2.05, 4.69) is 4.98 Å². The fourth-order valence-electron chi connectivity index (χ4n) is 3.77. The number of nitrogens with zero attached hydrogens (tertiary/aromatic N) is 2. The fraction of sp³-hybridized carbons (Fsp3) is 0.304. The van der Waals surface area contributed by atoms with Crippen molar-refractivity contribution in [2.45, 2.75) is 25.8 Å². The number of ether oxygens (including phenoxy) is 2. The highest BCUT2D eigenvalue weighted by molar-refractivity contribution is 5.92. The lowest BCUT2D eigenvalue weighted by atomic mass is 10.1. The molecule has 0 radical (unpaired) electrons. The summed E-state index contributed by atoms with van der Waals surface area (Å²) < 4.78 is 10.9. The molecule has 1 saturated heterocycles. The summed E-state index contributed by atoms with van der Waals surface area (Å²) in [4.78, 5) is 22.8. The molecule has 1 amide bonds. The van der Waals surface area contributed by atoms with Gasteiger partial charge in [0.2, 0.25) is 5.91 Å². The molecule has 2 aromatic carbocycles. The number of imidazole rings is 1. The van der Waals surface area contributed by atoms with Gasteiger partial charge in [-0.15, -0.1) is 0 Å². The number of amides is 1. The van der Waals surface area contributed by atoms with Crippen molar-refractivity contribution in [3.05, 3.63) is 59.9 Å². The van der Waals surface area contributed by atoms with Crippen molar-refractivity contribution >= 4 is 23.0 Å². The van der Waals surface area contributed by atoms with E-state index in [9.17, 15) is 4.79 Å². The van der Waals surface area contributed by atoms with Crippen molar-refractivity contribution in [3.63, 3.8) is 0 Å². The lowest BCUT2D eigenvalue weighted by Gasteiger charge is -2.21. The molecule has 150 valence electrons. The molecular weight excluding hydrogens is 366 g/mol. The van der Waals surface area contributed by atoms with E-state index < -0.39 is 0 Å². The molecule has 1 aliphatic rings. The molecule has 1 atom stereocenters. The average molecular weight is 391 g/mol. The SMILES string of the molecule is CCOc1ccc(/C=C/C(=O)N2CCCC2c2nc3ccccc3[nH]2)cc1OC. The Morgan fingerprint density at radius 2 is 2.14 bits per heavy atom. The maximum atomic E-state index is 12.9. The maximum Gasteiger partial charge on any atom is 0.247 e. The van der Waals surface area contributed by atoms with E-state index in [-0.39, 0.29) is 11.9 Å². The number of H-pyrrole nitrogens is 1. The monoisotopic (exact) mass is 391 g/mol. The summed E-state index contributed by atoms with van der Waals surface area (Å²) in [7, 11) is 1.61. The predicted octanol–water partition coefficient (Wildman–Crippen LogP) is 4.35. The third-order valence-corrected chi connectivity index (χ3v) is 5.17. The first kappa shape index (κ1) is 19.1. The van der Waals surface area contributed by atoms with Crippen molar-refractivity contribution in [1.82, 2.24) is 14.9 Å². The van der Waals surface area contributed by atoms with Gasteiger partial charge in [0.1, 0.15) is 5.82 Å². The topological polar surface area (TPSA) is 67.5 Å². The van der Waals surface area contributed by atoms with Crippen molar-refractivity contribution in [2.75, 3.05) is 20.3 Å². The number of carbonyl (C=O) groups is 1. The Morgan fingerprint density at radius 3 is 2.93 bits per heavy atom. The molecule has 29 heavy (non-hydrogen) atoms. The van der Waals surface area contributed by atoms with Gasteiger partial charge in [0.25, 0.3) is 0 Å². The van der Waals surface area contributed by atoms with E-state index in [4.69, 9.17) is 14.5 Å². The highest BCUT2D eigenvalue weighted by atomic mass is 16.5.